The van der Waals surface area contributed by atoms with Crippen LogP contribution in [0, 0.1) is 11.8 Å². The highest BCUT2D eigenvalue weighted by Crippen LogP contribution is 2.43. The molecule has 2 bridgehead atoms. The van der Waals surface area contributed by atoms with E-state index >= 15 is 0 Å². The van der Waals surface area contributed by atoms with Crippen molar-refractivity contribution >= 4 is 5.78 Å². The lowest BCUT2D eigenvalue weighted by atomic mass is 9.74. The molecule has 4 nitrogen and oxygen atoms in total. The molecule has 0 aromatic carbocycles. The van der Waals surface area contributed by atoms with Crippen LogP contribution in [0.3, 0.4) is 0 Å². The summed E-state index contributed by atoms with van der Waals surface area (Å²) in [7, 11) is 0. The van der Waals surface area contributed by atoms with Crippen LogP contribution in [0.25, 0.3) is 0 Å². The van der Waals surface area contributed by atoms with Gasteiger partial charge in [0.2, 0.25) is 0 Å². The molecule has 5 unspecified atom stereocenters. The van der Waals surface area contributed by atoms with E-state index in [1.165, 1.54) is 0 Å². The SMILES string of the molecule is CC1CCC2OC(C(C)C)(C=CC(C)(O)CC(=O)C1)CCC2(C)O. The minimum Gasteiger partial charge on any atom is -0.387 e. The van der Waals surface area contributed by atoms with Crippen LogP contribution in [0.1, 0.15) is 73.1 Å². The molecular formula is C20H34O4. The second-order valence-electron chi connectivity index (χ2n) is 8.87. The number of Topliss-reactive ketones (excluding diaryl/α,β-unsaturated/α-hetero) is 1. The van der Waals surface area contributed by atoms with E-state index in [9.17, 15) is 15.0 Å². The van der Waals surface area contributed by atoms with Gasteiger partial charge in [-0.2, -0.15) is 0 Å². The fourth-order valence-corrected chi connectivity index (χ4v) is 3.95. The van der Waals surface area contributed by atoms with E-state index < -0.39 is 16.8 Å². The molecule has 2 aliphatic rings. The molecule has 1 saturated heterocycles. The zero-order valence-electron chi connectivity index (χ0n) is 15.8. The molecule has 2 heterocycles. The predicted octanol–water partition coefficient (Wildman–Crippen LogP) is 3.40. The van der Waals surface area contributed by atoms with E-state index in [0.717, 1.165) is 12.8 Å². The van der Waals surface area contributed by atoms with Crippen LogP contribution in [-0.4, -0.2) is 38.9 Å². The topological polar surface area (TPSA) is 66.8 Å². The van der Waals surface area contributed by atoms with Gasteiger partial charge in [-0.3, -0.25) is 4.79 Å². The fourth-order valence-electron chi connectivity index (χ4n) is 3.95. The molecule has 0 saturated carbocycles. The van der Waals surface area contributed by atoms with E-state index in [-0.39, 0.29) is 30.1 Å². The Kier molecular flexibility index (Phi) is 5.63. The molecule has 24 heavy (non-hydrogen) atoms. The number of hydrogen-bond donors (Lipinski definition) is 2. The second-order valence-corrected chi connectivity index (χ2v) is 8.87. The molecule has 138 valence electrons. The second kappa shape index (κ2) is 6.89. The van der Waals surface area contributed by atoms with Crippen molar-refractivity contribution in [2.24, 2.45) is 11.8 Å². The lowest BCUT2D eigenvalue weighted by Gasteiger charge is -2.49. The Morgan fingerprint density at radius 3 is 2.46 bits per heavy atom. The molecule has 0 amide bonds. The maximum atomic E-state index is 12.2. The summed E-state index contributed by atoms with van der Waals surface area (Å²) in [6.45, 7) is 9.80. The maximum Gasteiger partial charge on any atom is 0.136 e. The summed E-state index contributed by atoms with van der Waals surface area (Å²) in [6.07, 6.45) is 7.01. The smallest absolute Gasteiger partial charge is 0.136 e. The van der Waals surface area contributed by atoms with Crippen molar-refractivity contribution in [3.8, 4) is 0 Å². The number of ketones is 1. The van der Waals surface area contributed by atoms with E-state index in [2.05, 4.69) is 20.8 Å². The molecule has 5 atom stereocenters. The Morgan fingerprint density at radius 1 is 1.17 bits per heavy atom. The normalized spacial score (nSPS) is 44.9. The van der Waals surface area contributed by atoms with Crippen LogP contribution < -0.4 is 0 Å². The van der Waals surface area contributed by atoms with Gasteiger partial charge in [0, 0.05) is 12.8 Å². The summed E-state index contributed by atoms with van der Waals surface area (Å²) in [4.78, 5) is 12.2. The predicted molar refractivity (Wildman–Crippen MR) is 94.7 cm³/mol. The van der Waals surface area contributed by atoms with Gasteiger partial charge >= 0.3 is 0 Å². The maximum absolute atomic E-state index is 12.2. The van der Waals surface area contributed by atoms with Gasteiger partial charge in [0.25, 0.3) is 0 Å². The number of fused-ring (bicyclic) bond motifs is 2. The lowest BCUT2D eigenvalue weighted by Crippen LogP contribution is -2.55. The van der Waals surface area contributed by atoms with Gasteiger partial charge < -0.3 is 14.9 Å². The third-order valence-electron chi connectivity index (χ3n) is 5.83. The van der Waals surface area contributed by atoms with E-state index in [0.29, 0.717) is 19.3 Å². The number of carbonyl (C=O) groups excluding carboxylic acids is 1. The van der Waals surface area contributed by atoms with Crippen molar-refractivity contribution in [3.63, 3.8) is 0 Å². The molecule has 2 rings (SSSR count). The summed E-state index contributed by atoms with van der Waals surface area (Å²) >= 11 is 0. The zero-order valence-corrected chi connectivity index (χ0v) is 15.8. The van der Waals surface area contributed by atoms with Crippen molar-refractivity contribution in [3.05, 3.63) is 12.2 Å². The standard InChI is InChI=1S/C20H34O4/c1-14(2)20-10-8-18(4,22)13-16(21)12-15(3)6-7-17(24-20)19(5,23)9-11-20/h8,10,14-15,17,22-23H,6-7,9,11-13H2,1-5H3. The Morgan fingerprint density at radius 2 is 1.83 bits per heavy atom. The average molecular weight is 338 g/mol. The van der Waals surface area contributed by atoms with Crippen LogP contribution in [0.2, 0.25) is 0 Å². The highest BCUT2D eigenvalue weighted by atomic mass is 16.5. The average Bonchev–Trinajstić information content (AvgIpc) is 2.43. The molecule has 2 N–H and O–H groups in total. The first-order valence-corrected chi connectivity index (χ1v) is 9.30. The first kappa shape index (κ1) is 19.6. The van der Waals surface area contributed by atoms with Gasteiger partial charge in [-0.15, -0.1) is 0 Å². The monoisotopic (exact) mass is 338 g/mol. The third kappa shape index (κ3) is 4.47. The Bertz CT molecular complexity index is 492. The van der Waals surface area contributed by atoms with Crippen LogP contribution in [0.15, 0.2) is 12.2 Å². The van der Waals surface area contributed by atoms with Gasteiger partial charge in [-0.1, -0.05) is 32.9 Å². The van der Waals surface area contributed by atoms with Crippen LogP contribution in [0.4, 0.5) is 0 Å². The highest BCUT2D eigenvalue weighted by molar-refractivity contribution is 5.79. The third-order valence-corrected chi connectivity index (χ3v) is 5.83. The minimum atomic E-state index is -1.16. The largest absolute Gasteiger partial charge is 0.387 e. The highest BCUT2D eigenvalue weighted by Gasteiger charge is 2.47. The van der Waals surface area contributed by atoms with Gasteiger partial charge in [0.05, 0.1) is 22.9 Å². The number of hydrogen-bond acceptors (Lipinski definition) is 4. The number of aliphatic hydroxyl groups is 2. The Hall–Kier alpha value is -0.710. The van der Waals surface area contributed by atoms with Crippen LogP contribution in [0.5, 0.6) is 0 Å². The molecule has 0 aromatic rings. The minimum absolute atomic E-state index is 0.0918. The van der Waals surface area contributed by atoms with Gasteiger partial charge in [-0.05, 0) is 51.4 Å². The van der Waals surface area contributed by atoms with Crippen molar-refractivity contribution in [1.82, 2.24) is 0 Å². The molecule has 0 spiro atoms. The summed E-state index contributed by atoms with van der Waals surface area (Å²) in [5.41, 5.74) is -2.50. The molecule has 4 heteroatoms. The van der Waals surface area contributed by atoms with Crippen molar-refractivity contribution < 1.29 is 19.7 Å². The molecule has 0 radical (unpaired) electrons. The first-order valence-electron chi connectivity index (χ1n) is 9.30. The van der Waals surface area contributed by atoms with Gasteiger partial charge in [-0.25, -0.2) is 0 Å². The van der Waals surface area contributed by atoms with Crippen molar-refractivity contribution in [2.75, 3.05) is 0 Å². The van der Waals surface area contributed by atoms with E-state index in [1.54, 1.807) is 13.0 Å². The summed E-state index contributed by atoms with van der Waals surface area (Å²) in [5.74, 6) is 0.542. The summed E-state index contributed by atoms with van der Waals surface area (Å²) in [6, 6.07) is 0. The molecular weight excluding hydrogens is 304 g/mol. The summed E-state index contributed by atoms with van der Waals surface area (Å²) in [5, 5.41) is 21.4. The molecule has 0 aliphatic carbocycles. The van der Waals surface area contributed by atoms with Crippen LogP contribution in [-0.2, 0) is 9.53 Å². The number of carbonyl (C=O) groups is 1. The Balaban J connectivity index is 2.39. The van der Waals surface area contributed by atoms with Crippen molar-refractivity contribution in [1.29, 1.82) is 0 Å². The molecule has 1 fully saturated rings. The zero-order chi connectivity index (χ0) is 18.2. The van der Waals surface area contributed by atoms with Crippen molar-refractivity contribution in [2.45, 2.75) is 96.1 Å². The lowest BCUT2D eigenvalue weighted by molar-refractivity contribution is -0.212. The van der Waals surface area contributed by atoms with Crippen LogP contribution >= 0.6 is 0 Å². The number of rotatable bonds is 1. The number of ether oxygens (including phenoxy) is 1. The van der Waals surface area contributed by atoms with E-state index in [4.69, 9.17) is 4.74 Å². The van der Waals surface area contributed by atoms with E-state index in [1.807, 2.05) is 13.0 Å². The van der Waals surface area contributed by atoms with Gasteiger partial charge in [0.15, 0.2) is 0 Å². The molecule has 0 aromatic heterocycles. The molecule has 2 aliphatic heterocycles. The first-order chi connectivity index (χ1) is 11.0. The Labute approximate surface area is 146 Å². The van der Waals surface area contributed by atoms with Gasteiger partial charge in [0.1, 0.15) is 5.78 Å². The fraction of sp³-hybridized carbons (Fsp3) is 0.850. The summed E-state index contributed by atoms with van der Waals surface area (Å²) < 4.78 is 6.46. The quantitative estimate of drug-likeness (QED) is 0.719.